The predicted octanol–water partition coefficient (Wildman–Crippen LogP) is 5.41. The number of rotatable bonds is 4. The van der Waals surface area contributed by atoms with Crippen LogP contribution in [0.5, 0.6) is 0 Å². The minimum Gasteiger partial charge on any atom is -0.383 e. The molecule has 6 heteroatoms. The maximum Gasteiger partial charge on any atom is 0.157 e. The van der Waals surface area contributed by atoms with Crippen molar-refractivity contribution in [1.82, 2.24) is 14.4 Å². The van der Waals surface area contributed by atoms with Crippen LogP contribution in [0.3, 0.4) is 0 Å². The van der Waals surface area contributed by atoms with Crippen LogP contribution in [0.4, 0.5) is 17.2 Å². The number of halogens is 1. The number of hydrogen-bond acceptors (Lipinski definition) is 4. The van der Waals surface area contributed by atoms with E-state index in [0.717, 1.165) is 39.3 Å². The van der Waals surface area contributed by atoms with E-state index in [2.05, 4.69) is 35.5 Å². The fourth-order valence-electron chi connectivity index (χ4n) is 3.07. The van der Waals surface area contributed by atoms with Crippen molar-refractivity contribution in [3.05, 3.63) is 59.5 Å². The molecule has 0 saturated carbocycles. The van der Waals surface area contributed by atoms with Gasteiger partial charge in [0.15, 0.2) is 5.82 Å². The highest BCUT2D eigenvalue weighted by Crippen LogP contribution is 2.31. The van der Waals surface area contributed by atoms with Gasteiger partial charge >= 0.3 is 0 Å². The molecule has 0 aliphatic rings. The lowest BCUT2D eigenvalue weighted by Crippen LogP contribution is -2.09. The number of fused-ring (bicyclic) bond motifs is 3. The average molecular weight is 366 g/mol. The number of anilines is 3. The molecule has 0 saturated heterocycles. The summed E-state index contributed by atoms with van der Waals surface area (Å²) in [4.78, 5) is 9.13. The summed E-state index contributed by atoms with van der Waals surface area (Å²) < 4.78 is 2.04. The van der Waals surface area contributed by atoms with E-state index in [9.17, 15) is 0 Å². The van der Waals surface area contributed by atoms with Crippen LogP contribution in [-0.2, 0) is 0 Å². The Morgan fingerprint density at radius 1 is 1.12 bits per heavy atom. The third-order valence-electron chi connectivity index (χ3n) is 4.27. The first-order chi connectivity index (χ1) is 12.5. The molecule has 0 radical (unpaired) electrons. The van der Waals surface area contributed by atoms with E-state index in [4.69, 9.17) is 16.6 Å². The van der Waals surface area contributed by atoms with Crippen LogP contribution in [-0.4, -0.2) is 20.4 Å². The van der Waals surface area contributed by atoms with Crippen molar-refractivity contribution >= 4 is 45.3 Å². The van der Waals surface area contributed by atoms with Crippen molar-refractivity contribution in [3.63, 3.8) is 0 Å². The Labute approximate surface area is 157 Å². The number of imidazole rings is 1. The molecule has 5 nitrogen and oxygen atoms in total. The van der Waals surface area contributed by atoms with Gasteiger partial charge in [-0.2, -0.15) is 0 Å². The summed E-state index contributed by atoms with van der Waals surface area (Å²) in [6, 6.07) is 12.4. The van der Waals surface area contributed by atoms with Gasteiger partial charge in [-0.1, -0.05) is 23.7 Å². The Balaban J connectivity index is 1.87. The Hall–Kier alpha value is -2.79. The molecule has 0 amide bonds. The number of aromatic nitrogens is 3. The molecular weight excluding hydrogens is 346 g/mol. The first-order valence-electron chi connectivity index (χ1n) is 8.57. The van der Waals surface area contributed by atoms with Gasteiger partial charge in [0.1, 0.15) is 5.52 Å². The van der Waals surface area contributed by atoms with Crippen LogP contribution >= 0.6 is 11.6 Å². The van der Waals surface area contributed by atoms with Crippen molar-refractivity contribution in [1.29, 1.82) is 0 Å². The number of nitrogens with zero attached hydrogens (tertiary/aromatic N) is 3. The van der Waals surface area contributed by atoms with E-state index < -0.39 is 0 Å². The quantitative estimate of drug-likeness (QED) is 0.507. The van der Waals surface area contributed by atoms with Crippen LogP contribution in [0.2, 0.25) is 5.02 Å². The Kier molecular flexibility index (Phi) is 4.17. The smallest absolute Gasteiger partial charge is 0.157 e. The fraction of sp³-hybridized carbons (Fsp3) is 0.200. The summed E-state index contributed by atoms with van der Waals surface area (Å²) in [5.41, 5.74) is 5.78. The molecular formula is C20H20ClN5. The van der Waals surface area contributed by atoms with Gasteiger partial charge in [0.2, 0.25) is 0 Å². The largest absolute Gasteiger partial charge is 0.383 e. The zero-order chi connectivity index (χ0) is 18.3. The highest BCUT2D eigenvalue weighted by atomic mass is 35.5. The molecule has 0 spiro atoms. The van der Waals surface area contributed by atoms with Crippen molar-refractivity contribution < 1.29 is 0 Å². The van der Waals surface area contributed by atoms with E-state index >= 15 is 0 Å². The minimum absolute atomic E-state index is 0.364. The van der Waals surface area contributed by atoms with E-state index in [1.165, 1.54) is 0 Å². The lowest BCUT2D eigenvalue weighted by atomic mass is 10.2. The summed E-state index contributed by atoms with van der Waals surface area (Å²) in [6.07, 6.45) is 3.62. The SMILES string of the molecule is Cc1cccc(Cl)c1Nc1nc2ccc(NC(C)C)cc2n2cncc12. The van der Waals surface area contributed by atoms with Crippen molar-refractivity contribution in [2.75, 3.05) is 10.6 Å². The van der Waals surface area contributed by atoms with Crippen molar-refractivity contribution in [2.45, 2.75) is 26.8 Å². The van der Waals surface area contributed by atoms with Crippen molar-refractivity contribution in [2.24, 2.45) is 0 Å². The number of hydrogen-bond donors (Lipinski definition) is 2. The molecule has 0 aliphatic heterocycles. The highest BCUT2D eigenvalue weighted by Gasteiger charge is 2.12. The van der Waals surface area contributed by atoms with Gasteiger partial charge in [-0.05, 0) is 50.6 Å². The zero-order valence-electron chi connectivity index (χ0n) is 14.9. The highest BCUT2D eigenvalue weighted by molar-refractivity contribution is 6.33. The van der Waals surface area contributed by atoms with Crippen molar-refractivity contribution in [3.8, 4) is 0 Å². The van der Waals surface area contributed by atoms with E-state index in [-0.39, 0.29) is 0 Å². The van der Waals surface area contributed by atoms with Crippen LogP contribution < -0.4 is 10.6 Å². The van der Waals surface area contributed by atoms with Crippen LogP contribution in [0, 0.1) is 6.92 Å². The zero-order valence-corrected chi connectivity index (χ0v) is 15.7. The van der Waals surface area contributed by atoms with Gasteiger partial charge in [-0.3, -0.25) is 4.40 Å². The van der Waals surface area contributed by atoms with Crippen LogP contribution in [0.25, 0.3) is 16.6 Å². The Morgan fingerprint density at radius 3 is 2.73 bits per heavy atom. The van der Waals surface area contributed by atoms with Gasteiger partial charge in [-0.15, -0.1) is 0 Å². The minimum atomic E-state index is 0.364. The molecule has 2 aromatic carbocycles. The molecule has 0 aliphatic carbocycles. The topological polar surface area (TPSA) is 54.2 Å². The summed E-state index contributed by atoms with van der Waals surface area (Å²) in [5, 5.41) is 7.49. The Morgan fingerprint density at radius 2 is 1.96 bits per heavy atom. The molecule has 4 rings (SSSR count). The van der Waals surface area contributed by atoms with Gasteiger partial charge in [0, 0.05) is 11.7 Å². The maximum atomic E-state index is 6.37. The first kappa shape index (κ1) is 16.7. The molecule has 4 aromatic rings. The van der Waals surface area contributed by atoms with E-state index in [0.29, 0.717) is 11.1 Å². The molecule has 0 unspecified atom stereocenters. The monoisotopic (exact) mass is 365 g/mol. The normalized spacial score (nSPS) is 11.4. The summed E-state index contributed by atoms with van der Waals surface area (Å²) >= 11 is 6.37. The van der Waals surface area contributed by atoms with E-state index in [1.54, 1.807) is 0 Å². The van der Waals surface area contributed by atoms with Gasteiger partial charge in [0.25, 0.3) is 0 Å². The molecule has 0 bridgehead atoms. The summed E-state index contributed by atoms with van der Waals surface area (Å²) in [5.74, 6) is 0.732. The molecule has 0 fully saturated rings. The summed E-state index contributed by atoms with van der Waals surface area (Å²) in [6.45, 7) is 6.26. The number of aryl methyl sites for hydroxylation is 1. The molecule has 2 aromatic heterocycles. The maximum absolute atomic E-state index is 6.37. The van der Waals surface area contributed by atoms with Gasteiger partial charge in [-0.25, -0.2) is 9.97 Å². The standard InChI is InChI=1S/C20H20ClN5/c1-12(2)23-14-7-8-16-17(9-14)26-11-22-10-18(26)20(24-16)25-19-13(3)5-4-6-15(19)21/h4-12,23H,1-3H3,(H,24,25). The number of nitrogens with one attached hydrogen (secondary N) is 2. The van der Waals surface area contributed by atoms with Crippen LogP contribution in [0.15, 0.2) is 48.9 Å². The fourth-order valence-corrected chi connectivity index (χ4v) is 3.34. The molecule has 132 valence electrons. The molecule has 2 N–H and O–H groups in total. The molecule has 0 atom stereocenters. The lowest BCUT2D eigenvalue weighted by molar-refractivity contribution is 0.900. The average Bonchev–Trinajstić information content (AvgIpc) is 3.08. The lowest BCUT2D eigenvalue weighted by Gasteiger charge is -2.15. The first-order valence-corrected chi connectivity index (χ1v) is 8.95. The third-order valence-corrected chi connectivity index (χ3v) is 4.58. The second-order valence-electron chi connectivity index (χ2n) is 6.67. The second-order valence-corrected chi connectivity index (χ2v) is 7.08. The van der Waals surface area contributed by atoms with Gasteiger partial charge in [0.05, 0.1) is 34.3 Å². The molecule has 2 heterocycles. The van der Waals surface area contributed by atoms with Crippen LogP contribution in [0.1, 0.15) is 19.4 Å². The number of benzene rings is 2. The third kappa shape index (κ3) is 2.95. The number of para-hydroxylation sites is 1. The second kappa shape index (κ2) is 6.50. The van der Waals surface area contributed by atoms with E-state index in [1.807, 2.05) is 54.2 Å². The molecule has 26 heavy (non-hydrogen) atoms. The van der Waals surface area contributed by atoms with Gasteiger partial charge < -0.3 is 10.6 Å². The summed E-state index contributed by atoms with van der Waals surface area (Å²) in [7, 11) is 0. The Bertz CT molecular complexity index is 1080. The predicted molar refractivity (Wildman–Crippen MR) is 109 cm³/mol.